The summed E-state index contributed by atoms with van der Waals surface area (Å²) in [5.74, 6) is 0.720. The third-order valence-corrected chi connectivity index (χ3v) is 3.82. The summed E-state index contributed by atoms with van der Waals surface area (Å²) in [6, 6.07) is 10.3. The molecule has 0 spiro atoms. The average molecular weight is 273 g/mol. The Bertz CT molecular complexity index is 536. The highest BCUT2D eigenvalue weighted by molar-refractivity contribution is 5.41. The maximum Gasteiger partial charge on any atom is 0.250 e. The molecule has 6 nitrogen and oxygen atoms in total. The van der Waals surface area contributed by atoms with Crippen molar-refractivity contribution in [1.82, 2.24) is 20.2 Å². The number of hydrogen-bond donors (Lipinski definition) is 1. The van der Waals surface area contributed by atoms with E-state index in [0.29, 0.717) is 12.6 Å². The first kappa shape index (κ1) is 13.1. The van der Waals surface area contributed by atoms with Crippen molar-refractivity contribution < 1.29 is 5.11 Å². The van der Waals surface area contributed by atoms with Crippen LogP contribution >= 0.6 is 0 Å². The van der Waals surface area contributed by atoms with Gasteiger partial charge in [-0.15, -0.1) is 0 Å². The van der Waals surface area contributed by atoms with Crippen LogP contribution in [0.3, 0.4) is 0 Å². The SMILES string of the molecule is OCCN(c1nnnn1-c1ccccc1)C1CCCC1. The van der Waals surface area contributed by atoms with E-state index < -0.39 is 0 Å². The van der Waals surface area contributed by atoms with E-state index in [-0.39, 0.29) is 6.61 Å². The van der Waals surface area contributed by atoms with Gasteiger partial charge in [-0.05, 0) is 35.4 Å². The van der Waals surface area contributed by atoms with Gasteiger partial charge in [0.25, 0.3) is 5.95 Å². The number of nitrogens with zero attached hydrogens (tertiary/aromatic N) is 5. The van der Waals surface area contributed by atoms with Gasteiger partial charge in [-0.3, -0.25) is 0 Å². The van der Waals surface area contributed by atoms with Gasteiger partial charge in [-0.1, -0.05) is 36.1 Å². The van der Waals surface area contributed by atoms with Crippen molar-refractivity contribution in [3.05, 3.63) is 30.3 Å². The molecule has 1 aromatic carbocycles. The summed E-state index contributed by atoms with van der Waals surface area (Å²) in [6.45, 7) is 0.677. The molecule has 1 aliphatic rings. The van der Waals surface area contributed by atoms with E-state index in [1.54, 1.807) is 4.68 Å². The molecule has 0 atom stereocenters. The van der Waals surface area contributed by atoms with E-state index in [4.69, 9.17) is 0 Å². The molecule has 106 valence electrons. The molecule has 3 rings (SSSR count). The van der Waals surface area contributed by atoms with Crippen LogP contribution in [0.15, 0.2) is 30.3 Å². The Morgan fingerprint density at radius 1 is 1.20 bits per heavy atom. The van der Waals surface area contributed by atoms with Crippen molar-refractivity contribution in [3.63, 3.8) is 0 Å². The number of tetrazole rings is 1. The van der Waals surface area contributed by atoms with Crippen molar-refractivity contribution in [1.29, 1.82) is 0 Å². The molecule has 0 unspecified atom stereocenters. The van der Waals surface area contributed by atoms with Crippen molar-refractivity contribution in [2.45, 2.75) is 31.7 Å². The van der Waals surface area contributed by atoms with Crippen LogP contribution in [0.4, 0.5) is 5.95 Å². The summed E-state index contributed by atoms with van der Waals surface area (Å²) in [5, 5.41) is 21.4. The molecule has 0 radical (unpaired) electrons. The molecule has 1 aromatic heterocycles. The summed E-state index contributed by atoms with van der Waals surface area (Å²) in [5.41, 5.74) is 0.938. The molecule has 0 bridgehead atoms. The molecule has 1 fully saturated rings. The second-order valence-electron chi connectivity index (χ2n) is 5.08. The topological polar surface area (TPSA) is 67.1 Å². The fourth-order valence-electron chi connectivity index (χ4n) is 2.87. The number of aromatic nitrogens is 4. The maximum atomic E-state index is 9.34. The van der Waals surface area contributed by atoms with Crippen LogP contribution in [-0.4, -0.2) is 44.5 Å². The highest BCUT2D eigenvalue weighted by atomic mass is 16.3. The number of hydrogen-bond acceptors (Lipinski definition) is 5. The first-order chi connectivity index (χ1) is 9.90. The maximum absolute atomic E-state index is 9.34. The van der Waals surface area contributed by atoms with Crippen LogP contribution in [-0.2, 0) is 0 Å². The summed E-state index contributed by atoms with van der Waals surface area (Å²) in [4.78, 5) is 2.14. The lowest BCUT2D eigenvalue weighted by molar-refractivity contribution is 0.296. The Kier molecular flexibility index (Phi) is 3.92. The molecule has 1 saturated carbocycles. The van der Waals surface area contributed by atoms with Gasteiger partial charge in [0.1, 0.15) is 0 Å². The fourth-order valence-corrected chi connectivity index (χ4v) is 2.87. The van der Waals surface area contributed by atoms with Crippen LogP contribution in [0.1, 0.15) is 25.7 Å². The van der Waals surface area contributed by atoms with Gasteiger partial charge in [-0.25, -0.2) is 0 Å². The van der Waals surface area contributed by atoms with E-state index in [9.17, 15) is 5.11 Å². The Morgan fingerprint density at radius 3 is 2.65 bits per heavy atom. The van der Waals surface area contributed by atoms with Crippen molar-refractivity contribution >= 4 is 5.95 Å². The number of benzene rings is 1. The highest BCUT2D eigenvalue weighted by Gasteiger charge is 2.26. The minimum absolute atomic E-state index is 0.109. The Balaban J connectivity index is 1.93. The van der Waals surface area contributed by atoms with Gasteiger partial charge in [0.15, 0.2) is 0 Å². The van der Waals surface area contributed by atoms with Gasteiger partial charge in [0, 0.05) is 12.6 Å². The van der Waals surface area contributed by atoms with E-state index in [2.05, 4.69) is 20.4 Å². The molecule has 1 aliphatic carbocycles. The molecule has 1 heterocycles. The molecule has 0 aliphatic heterocycles. The second-order valence-corrected chi connectivity index (χ2v) is 5.08. The quantitative estimate of drug-likeness (QED) is 0.892. The predicted molar refractivity (Wildman–Crippen MR) is 75.8 cm³/mol. The van der Waals surface area contributed by atoms with Gasteiger partial charge in [-0.2, -0.15) is 4.68 Å². The Morgan fingerprint density at radius 2 is 1.95 bits per heavy atom. The predicted octanol–water partition coefficient (Wildman–Crippen LogP) is 1.40. The Hall–Kier alpha value is -1.95. The van der Waals surface area contributed by atoms with Gasteiger partial charge in [0.05, 0.1) is 12.3 Å². The number of para-hydroxylation sites is 1. The lowest BCUT2D eigenvalue weighted by atomic mass is 10.2. The van der Waals surface area contributed by atoms with E-state index in [1.807, 2.05) is 30.3 Å². The first-order valence-electron chi connectivity index (χ1n) is 7.11. The highest BCUT2D eigenvalue weighted by Crippen LogP contribution is 2.27. The normalized spacial score (nSPS) is 15.7. The van der Waals surface area contributed by atoms with Gasteiger partial charge in [0.2, 0.25) is 0 Å². The lowest BCUT2D eigenvalue weighted by Crippen LogP contribution is -2.37. The molecule has 2 aromatic rings. The van der Waals surface area contributed by atoms with Gasteiger partial charge < -0.3 is 10.0 Å². The fraction of sp³-hybridized carbons (Fsp3) is 0.500. The molecule has 6 heteroatoms. The smallest absolute Gasteiger partial charge is 0.250 e. The van der Waals surface area contributed by atoms with E-state index in [1.165, 1.54) is 12.8 Å². The lowest BCUT2D eigenvalue weighted by Gasteiger charge is -2.28. The summed E-state index contributed by atoms with van der Waals surface area (Å²) in [7, 11) is 0. The van der Waals surface area contributed by atoms with E-state index >= 15 is 0 Å². The third-order valence-electron chi connectivity index (χ3n) is 3.82. The van der Waals surface area contributed by atoms with Crippen molar-refractivity contribution in [2.75, 3.05) is 18.1 Å². The number of aliphatic hydroxyl groups is 1. The zero-order valence-electron chi connectivity index (χ0n) is 11.4. The standard InChI is InChI=1S/C14H19N5O/c20-11-10-18(12-6-4-5-7-12)14-15-16-17-19(14)13-8-2-1-3-9-13/h1-3,8-9,12,20H,4-7,10-11H2. The van der Waals surface area contributed by atoms with Crippen LogP contribution < -0.4 is 4.90 Å². The second kappa shape index (κ2) is 6.00. The zero-order chi connectivity index (χ0) is 13.8. The monoisotopic (exact) mass is 273 g/mol. The van der Waals surface area contributed by atoms with Gasteiger partial charge >= 0.3 is 0 Å². The minimum Gasteiger partial charge on any atom is -0.395 e. The summed E-state index contributed by atoms with van der Waals surface area (Å²) < 4.78 is 1.74. The first-order valence-corrected chi connectivity index (χ1v) is 7.11. The molecule has 20 heavy (non-hydrogen) atoms. The van der Waals surface area contributed by atoms with Crippen LogP contribution in [0.25, 0.3) is 5.69 Å². The van der Waals surface area contributed by atoms with Crippen LogP contribution in [0.5, 0.6) is 0 Å². The third kappa shape index (κ3) is 2.51. The molecule has 0 amide bonds. The van der Waals surface area contributed by atoms with Crippen LogP contribution in [0, 0.1) is 0 Å². The van der Waals surface area contributed by atoms with Crippen molar-refractivity contribution in [2.24, 2.45) is 0 Å². The average Bonchev–Trinajstić information content (AvgIpc) is 3.17. The molecular formula is C14H19N5O. The van der Waals surface area contributed by atoms with Crippen LogP contribution in [0.2, 0.25) is 0 Å². The largest absolute Gasteiger partial charge is 0.395 e. The Labute approximate surface area is 118 Å². The zero-order valence-corrected chi connectivity index (χ0v) is 11.4. The summed E-state index contributed by atoms with van der Waals surface area (Å²) >= 11 is 0. The van der Waals surface area contributed by atoms with Crippen molar-refractivity contribution in [3.8, 4) is 5.69 Å². The number of anilines is 1. The molecule has 1 N–H and O–H groups in total. The molecular weight excluding hydrogens is 254 g/mol. The number of rotatable bonds is 5. The number of aliphatic hydroxyl groups excluding tert-OH is 1. The molecule has 0 saturated heterocycles. The minimum atomic E-state index is 0.109. The van der Waals surface area contributed by atoms with E-state index in [0.717, 1.165) is 24.5 Å². The summed E-state index contributed by atoms with van der Waals surface area (Å²) in [6.07, 6.45) is 4.75.